The van der Waals surface area contributed by atoms with E-state index in [1.807, 2.05) is 13.8 Å². The van der Waals surface area contributed by atoms with Crippen molar-refractivity contribution in [3.63, 3.8) is 0 Å². The lowest BCUT2D eigenvalue weighted by atomic mass is 9.76. The first-order valence-corrected chi connectivity index (χ1v) is 9.23. The van der Waals surface area contributed by atoms with Crippen molar-refractivity contribution in [1.82, 2.24) is 4.90 Å². The van der Waals surface area contributed by atoms with Crippen molar-refractivity contribution in [2.45, 2.75) is 57.2 Å². The van der Waals surface area contributed by atoms with Gasteiger partial charge in [0.05, 0.1) is 12.0 Å². The highest BCUT2D eigenvalue weighted by Gasteiger charge is 2.49. The quantitative estimate of drug-likeness (QED) is 0.511. The fraction of sp³-hybridized carbons (Fsp3) is 0.611. The zero-order valence-electron chi connectivity index (χ0n) is 13.9. The van der Waals surface area contributed by atoms with E-state index in [4.69, 9.17) is 4.74 Å². The lowest BCUT2D eigenvalue weighted by molar-refractivity contribution is -0.157. The minimum Gasteiger partial charge on any atom is -0.463 e. The molecule has 0 unspecified atom stereocenters. The number of rotatable bonds is 3. The van der Waals surface area contributed by atoms with Crippen LogP contribution in [0.15, 0.2) is 24.3 Å². The van der Waals surface area contributed by atoms with Gasteiger partial charge in [-0.25, -0.2) is 0 Å². The summed E-state index contributed by atoms with van der Waals surface area (Å²) in [6, 6.07) is 9.59. The number of carbonyl (C=O) groups is 1. The summed E-state index contributed by atoms with van der Waals surface area (Å²) in [7, 11) is 2.17. The first-order chi connectivity index (χ1) is 10.5. The van der Waals surface area contributed by atoms with Crippen LogP contribution in [0.2, 0.25) is 0 Å². The summed E-state index contributed by atoms with van der Waals surface area (Å²) in [4.78, 5) is 15.2. The monoisotopic (exact) mass is 449 g/mol. The van der Waals surface area contributed by atoms with Gasteiger partial charge in [0.25, 0.3) is 0 Å². The lowest BCUT2D eigenvalue weighted by Crippen LogP contribution is -2.49. The van der Waals surface area contributed by atoms with Crippen molar-refractivity contribution in [2.75, 3.05) is 7.05 Å². The molecule has 0 aromatic heterocycles. The number of esters is 1. The molecule has 2 fully saturated rings. The minimum absolute atomic E-state index is 0. The number of fused-ring (bicyclic) bond motifs is 2. The normalized spacial score (nSPS) is 30.1. The van der Waals surface area contributed by atoms with Gasteiger partial charge in [-0.1, -0.05) is 12.1 Å². The van der Waals surface area contributed by atoms with Gasteiger partial charge in [-0.15, -0.1) is 12.4 Å². The van der Waals surface area contributed by atoms with E-state index in [1.54, 1.807) is 0 Å². The van der Waals surface area contributed by atoms with Crippen LogP contribution in [-0.4, -0.2) is 36.1 Å². The van der Waals surface area contributed by atoms with Gasteiger partial charge in [0.2, 0.25) is 0 Å². The van der Waals surface area contributed by atoms with Crippen molar-refractivity contribution in [1.29, 1.82) is 0 Å². The molecule has 0 aliphatic carbocycles. The standard InChI is InChI=1S/C18H24INO2.ClH/c1-11(2)22-18(21)17-15(12-4-6-13(19)7-5-12)10-14-8-9-16(17)20(14)3;/h4-7,11,14-17H,8-10H2,1-3H3;1H/t14-,15+,16+,17-;/m0./s1. The zero-order chi connectivity index (χ0) is 15.9. The van der Waals surface area contributed by atoms with Gasteiger partial charge in [-0.3, -0.25) is 9.69 Å². The molecule has 0 N–H and O–H groups in total. The fourth-order valence-corrected chi connectivity index (χ4v) is 4.51. The van der Waals surface area contributed by atoms with Crippen LogP contribution in [0.3, 0.4) is 0 Å². The summed E-state index contributed by atoms with van der Waals surface area (Å²) < 4.78 is 6.83. The minimum atomic E-state index is -0.0469. The van der Waals surface area contributed by atoms with Gasteiger partial charge in [0, 0.05) is 21.6 Å². The molecule has 128 valence electrons. The van der Waals surface area contributed by atoms with Crippen LogP contribution in [0, 0.1) is 9.49 Å². The summed E-state index contributed by atoms with van der Waals surface area (Å²) in [5, 5.41) is 0. The van der Waals surface area contributed by atoms with Crippen molar-refractivity contribution >= 4 is 41.0 Å². The van der Waals surface area contributed by atoms with Crippen LogP contribution in [0.25, 0.3) is 0 Å². The third kappa shape index (κ3) is 3.85. The Hall–Kier alpha value is -0.330. The van der Waals surface area contributed by atoms with Crippen LogP contribution < -0.4 is 0 Å². The Labute approximate surface area is 158 Å². The van der Waals surface area contributed by atoms with Crippen molar-refractivity contribution in [3.05, 3.63) is 33.4 Å². The largest absolute Gasteiger partial charge is 0.463 e. The van der Waals surface area contributed by atoms with E-state index in [0.29, 0.717) is 12.1 Å². The molecule has 0 radical (unpaired) electrons. The van der Waals surface area contributed by atoms with Gasteiger partial charge in [-0.2, -0.15) is 0 Å². The predicted octanol–water partition coefficient (Wildman–Crippen LogP) is 4.23. The van der Waals surface area contributed by atoms with Crippen molar-refractivity contribution in [2.24, 2.45) is 5.92 Å². The average Bonchev–Trinajstić information content (AvgIpc) is 2.71. The van der Waals surface area contributed by atoms with E-state index in [1.165, 1.54) is 15.6 Å². The molecule has 2 bridgehead atoms. The maximum atomic E-state index is 12.7. The van der Waals surface area contributed by atoms with E-state index in [-0.39, 0.29) is 36.3 Å². The van der Waals surface area contributed by atoms with Gasteiger partial charge in [-0.05, 0) is 80.4 Å². The Balaban J connectivity index is 0.00000192. The summed E-state index contributed by atoms with van der Waals surface area (Å²) in [6.07, 6.45) is 3.33. The first kappa shape index (κ1) is 19.0. The number of piperidine rings is 1. The third-order valence-corrected chi connectivity index (χ3v) is 5.91. The van der Waals surface area contributed by atoms with Gasteiger partial charge < -0.3 is 4.74 Å². The second kappa shape index (κ2) is 7.70. The highest BCUT2D eigenvalue weighted by atomic mass is 127. The van der Waals surface area contributed by atoms with E-state index in [0.717, 1.165) is 12.8 Å². The molecule has 23 heavy (non-hydrogen) atoms. The summed E-state index contributed by atoms with van der Waals surface area (Å²) in [5.41, 5.74) is 1.29. The Bertz CT molecular complexity index is 548. The van der Waals surface area contributed by atoms with Crippen LogP contribution in [0.5, 0.6) is 0 Å². The number of halogens is 2. The van der Waals surface area contributed by atoms with Gasteiger partial charge in [0.1, 0.15) is 0 Å². The van der Waals surface area contributed by atoms with E-state index >= 15 is 0 Å². The number of hydrogen-bond acceptors (Lipinski definition) is 3. The van der Waals surface area contributed by atoms with Crippen molar-refractivity contribution in [3.8, 4) is 0 Å². The average molecular weight is 450 g/mol. The molecule has 0 saturated carbocycles. The molecule has 0 amide bonds. The molecule has 3 nitrogen and oxygen atoms in total. The zero-order valence-corrected chi connectivity index (χ0v) is 16.8. The maximum absolute atomic E-state index is 12.7. The summed E-state index contributed by atoms with van der Waals surface area (Å²) >= 11 is 2.33. The fourth-order valence-electron chi connectivity index (χ4n) is 4.15. The molecule has 2 saturated heterocycles. The number of hydrogen-bond donors (Lipinski definition) is 0. The van der Waals surface area contributed by atoms with Crippen LogP contribution >= 0.6 is 35.0 Å². The van der Waals surface area contributed by atoms with E-state index < -0.39 is 0 Å². The number of carbonyl (C=O) groups excluding carboxylic acids is 1. The Morgan fingerprint density at radius 1 is 1.26 bits per heavy atom. The second-order valence-electron chi connectivity index (χ2n) is 6.87. The van der Waals surface area contributed by atoms with Gasteiger partial charge >= 0.3 is 5.97 Å². The molecule has 2 aliphatic heterocycles. The SMILES string of the molecule is CC(C)OC(=O)[C@H]1[C@@H](c2ccc(I)cc2)C[C@@H]2CC[C@H]1N2C.Cl. The smallest absolute Gasteiger partial charge is 0.311 e. The van der Waals surface area contributed by atoms with E-state index in [9.17, 15) is 4.79 Å². The summed E-state index contributed by atoms with van der Waals surface area (Å²) in [5.74, 6) is 0.235. The molecule has 5 heteroatoms. The highest BCUT2D eigenvalue weighted by molar-refractivity contribution is 14.1. The molecule has 3 rings (SSSR count). The topological polar surface area (TPSA) is 29.5 Å². The number of nitrogens with zero attached hydrogens (tertiary/aromatic N) is 1. The Kier molecular flexibility index (Phi) is 6.36. The summed E-state index contributed by atoms with van der Waals surface area (Å²) in [6.45, 7) is 3.86. The lowest BCUT2D eigenvalue weighted by Gasteiger charge is -2.42. The molecule has 1 aromatic carbocycles. The second-order valence-corrected chi connectivity index (χ2v) is 8.11. The number of benzene rings is 1. The highest BCUT2D eigenvalue weighted by Crippen LogP contribution is 2.46. The van der Waals surface area contributed by atoms with Gasteiger partial charge in [0.15, 0.2) is 0 Å². The molecule has 1 aromatic rings. The Morgan fingerprint density at radius 3 is 2.52 bits per heavy atom. The third-order valence-electron chi connectivity index (χ3n) is 5.19. The molecule has 0 spiro atoms. The van der Waals surface area contributed by atoms with Crippen molar-refractivity contribution < 1.29 is 9.53 Å². The molecule has 2 heterocycles. The number of ether oxygens (including phenoxy) is 1. The first-order valence-electron chi connectivity index (χ1n) is 8.15. The van der Waals surface area contributed by atoms with Crippen LogP contribution in [0.4, 0.5) is 0 Å². The van der Waals surface area contributed by atoms with Crippen LogP contribution in [-0.2, 0) is 9.53 Å². The predicted molar refractivity (Wildman–Crippen MR) is 103 cm³/mol. The molecular formula is C18H25ClINO2. The molecule has 4 atom stereocenters. The molecule has 2 aliphatic rings. The maximum Gasteiger partial charge on any atom is 0.311 e. The Morgan fingerprint density at radius 2 is 1.91 bits per heavy atom. The molecular weight excluding hydrogens is 425 g/mol. The van der Waals surface area contributed by atoms with Crippen LogP contribution in [0.1, 0.15) is 44.6 Å². The van der Waals surface area contributed by atoms with E-state index in [2.05, 4.69) is 58.8 Å².